The van der Waals surface area contributed by atoms with Gasteiger partial charge in [0.15, 0.2) is 15.6 Å². The SMILES string of the molecule is CC(C)(C)c1sc(C(C)(C)C)c2c1OCC(I)O2. The zero-order valence-corrected chi connectivity index (χ0v) is 14.9. The number of halogens is 1. The van der Waals surface area contributed by atoms with Crippen molar-refractivity contribution in [1.82, 2.24) is 0 Å². The monoisotopic (exact) mass is 380 g/mol. The molecule has 18 heavy (non-hydrogen) atoms. The molecule has 2 nitrogen and oxygen atoms in total. The van der Waals surface area contributed by atoms with Crippen molar-refractivity contribution in [1.29, 1.82) is 0 Å². The molecule has 0 aromatic carbocycles. The maximum Gasteiger partial charge on any atom is 0.183 e. The molecule has 1 aromatic heterocycles. The molecule has 0 radical (unpaired) electrons. The number of thiophene rings is 1. The first-order valence-electron chi connectivity index (χ1n) is 6.22. The fraction of sp³-hybridized carbons (Fsp3) is 0.714. The first kappa shape index (κ1) is 14.4. The van der Waals surface area contributed by atoms with Gasteiger partial charge in [-0.05, 0) is 22.6 Å². The molecule has 2 rings (SSSR count). The number of ether oxygens (including phenoxy) is 2. The summed E-state index contributed by atoms with van der Waals surface area (Å²) in [6.45, 7) is 14.0. The summed E-state index contributed by atoms with van der Waals surface area (Å²) in [5, 5.41) is 0. The average Bonchev–Trinajstić information content (AvgIpc) is 2.54. The molecule has 0 fully saturated rings. The minimum atomic E-state index is 0.0926. The molecular formula is C14H21IO2S. The largest absolute Gasteiger partial charge is 0.484 e. The lowest BCUT2D eigenvalue weighted by Crippen LogP contribution is -2.25. The van der Waals surface area contributed by atoms with E-state index in [0.29, 0.717) is 6.61 Å². The van der Waals surface area contributed by atoms with Crippen LogP contribution in [0.1, 0.15) is 51.3 Å². The Kier molecular flexibility index (Phi) is 3.65. The summed E-state index contributed by atoms with van der Waals surface area (Å²) in [4.78, 5) is 2.59. The first-order chi connectivity index (χ1) is 8.10. The number of rotatable bonds is 0. The van der Waals surface area contributed by atoms with Crippen LogP contribution in [0.4, 0.5) is 0 Å². The van der Waals surface area contributed by atoms with E-state index in [1.54, 1.807) is 0 Å². The zero-order chi connectivity index (χ0) is 13.7. The molecule has 1 aliphatic rings. The molecule has 1 unspecified atom stereocenters. The van der Waals surface area contributed by atoms with Gasteiger partial charge in [0.2, 0.25) is 0 Å². The Morgan fingerprint density at radius 3 is 2.00 bits per heavy atom. The summed E-state index contributed by atoms with van der Waals surface area (Å²) >= 11 is 4.12. The van der Waals surface area contributed by atoms with Crippen molar-refractivity contribution in [2.24, 2.45) is 0 Å². The summed E-state index contributed by atoms with van der Waals surface area (Å²) < 4.78 is 12.1. The number of fused-ring (bicyclic) bond motifs is 1. The Morgan fingerprint density at radius 1 is 1.00 bits per heavy atom. The molecule has 1 aromatic rings. The summed E-state index contributed by atoms with van der Waals surface area (Å²) in [6, 6.07) is 0. The average molecular weight is 380 g/mol. The highest BCUT2D eigenvalue weighted by Gasteiger charge is 2.36. The van der Waals surface area contributed by atoms with Crippen LogP contribution in [0.5, 0.6) is 11.5 Å². The maximum atomic E-state index is 6.04. The van der Waals surface area contributed by atoms with Crippen molar-refractivity contribution in [2.45, 2.75) is 56.5 Å². The van der Waals surface area contributed by atoms with E-state index >= 15 is 0 Å². The fourth-order valence-electron chi connectivity index (χ4n) is 1.94. The first-order valence-corrected chi connectivity index (χ1v) is 8.28. The molecule has 0 N–H and O–H groups in total. The Balaban J connectivity index is 2.60. The van der Waals surface area contributed by atoms with E-state index in [-0.39, 0.29) is 14.9 Å². The minimum absolute atomic E-state index is 0.0926. The van der Waals surface area contributed by atoms with Crippen LogP contribution in [0.15, 0.2) is 0 Å². The molecule has 0 amide bonds. The van der Waals surface area contributed by atoms with E-state index in [0.717, 1.165) is 11.5 Å². The van der Waals surface area contributed by atoms with Gasteiger partial charge >= 0.3 is 0 Å². The smallest absolute Gasteiger partial charge is 0.183 e. The molecule has 0 spiro atoms. The minimum Gasteiger partial charge on any atom is -0.484 e. The van der Waals surface area contributed by atoms with Crippen molar-refractivity contribution in [3.63, 3.8) is 0 Å². The van der Waals surface area contributed by atoms with E-state index in [1.807, 2.05) is 11.3 Å². The van der Waals surface area contributed by atoms with Gasteiger partial charge in [0.05, 0.1) is 9.75 Å². The second-order valence-corrected chi connectivity index (χ2v) is 9.17. The quantitative estimate of drug-likeness (QED) is 0.472. The lowest BCUT2D eigenvalue weighted by molar-refractivity contribution is 0.155. The predicted molar refractivity (Wildman–Crippen MR) is 85.7 cm³/mol. The third-order valence-electron chi connectivity index (χ3n) is 2.79. The van der Waals surface area contributed by atoms with E-state index in [4.69, 9.17) is 9.47 Å². The normalized spacial score (nSPS) is 20.1. The van der Waals surface area contributed by atoms with Gasteiger partial charge in [-0.3, -0.25) is 0 Å². The van der Waals surface area contributed by atoms with Crippen molar-refractivity contribution in [3.8, 4) is 11.5 Å². The highest BCUT2D eigenvalue weighted by atomic mass is 127. The Bertz CT molecular complexity index is 452. The number of hydrogen-bond donors (Lipinski definition) is 0. The van der Waals surface area contributed by atoms with E-state index in [1.165, 1.54) is 9.75 Å². The molecular weight excluding hydrogens is 359 g/mol. The number of alkyl halides is 1. The molecule has 0 saturated carbocycles. The van der Waals surface area contributed by atoms with Gasteiger partial charge in [0, 0.05) is 10.8 Å². The van der Waals surface area contributed by atoms with Gasteiger partial charge in [0.25, 0.3) is 0 Å². The third-order valence-corrected chi connectivity index (χ3v) is 5.41. The van der Waals surface area contributed by atoms with E-state index in [9.17, 15) is 0 Å². The molecule has 102 valence electrons. The second-order valence-electron chi connectivity index (χ2n) is 6.76. The van der Waals surface area contributed by atoms with Crippen LogP contribution in [0.2, 0.25) is 0 Å². The van der Waals surface area contributed by atoms with Crippen LogP contribution in [0.3, 0.4) is 0 Å². The molecule has 1 aliphatic heterocycles. The maximum absolute atomic E-state index is 6.04. The van der Waals surface area contributed by atoms with Crippen molar-refractivity contribution >= 4 is 33.9 Å². The highest BCUT2D eigenvalue weighted by Crippen LogP contribution is 2.53. The van der Waals surface area contributed by atoms with Crippen molar-refractivity contribution < 1.29 is 9.47 Å². The van der Waals surface area contributed by atoms with Gasteiger partial charge in [0.1, 0.15) is 6.61 Å². The lowest BCUT2D eigenvalue weighted by atomic mass is 9.91. The van der Waals surface area contributed by atoms with Crippen LogP contribution >= 0.6 is 33.9 Å². The predicted octanol–water partition coefficient (Wildman–Crippen LogP) is 4.88. The van der Waals surface area contributed by atoms with Crippen LogP contribution in [-0.4, -0.2) is 10.7 Å². The van der Waals surface area contributed by atoms with Gasteiger partial charge in [-0.1, -0.05) is 41.5 Å². The lowest BCUT2D eigenvalue weighted by Gasteiger charge is -2.26. The summed E-state index contributed by atoms with van der Waals surface area (Å²) in [6.07, 6.45) is 0. The molecule has 0 saturated heterocycles. The van der Waals surface area contributed by atoms with Crippen molar-refractivity contribution in [2.75, 3.05) is 6.61 Å². The van der Waals surface area contributed by atoms with Gasteiger partial charge in [-0.2, -0.15) is 0 Å². The van der Waals surface area contributed by atoms with E-state index in [2.05, 4.69) is 64.1 Å². The van der Waals surface area contributed by atoms with Gasteiger partial charge in [-0.25, -0.2) is 0 Å². The number of hydrogen-bond acceptors (Lipinski definition) is 3. The van der Waals surface area contributed by atoms with Crippen LogP contribution in [-0.2, 0) is 10.8 Å². The van der Waals surface area contributed by atoms with Crippen LogP contribution < -0.4 is 9.47 Å². The molecule has 4 heteroatoms. The molecule has 0 bridgehead atoms. The van der Waals surface area contributed by atoms with Gasteiger partial charge in [-0.15, -0.1) is 11.3 Å². The van der Waals surface area contributed by atoms with Crippen molar-refractivity contribution in [3.05, 3.63) is 9.75 Å². The molecule has 2 heterocycles. The van der Waals surface area contributed by atoms with Gasteiger partial charge < -0.3 is 9.47 Å². The Labute approximate surface area is 127 Å². The summed E-state index contributed by atoms with van der Waals surface area (Å²) in [5.74, 6) is 1.95. The molecule has 0 aliphatic carbocycles. The second kappa shape index (κ2) is 4.54. The highest BCUT2D eigenvalue weighted by molar-refractivity contribution is 14.1. The topological polar surface area (TPSA) is 18.5 Å². The summed E-state index contributed by atoms with van der Waals surface area (Å²) in [5.41, 5.74) is 0.190. The van der Waals surface area contributed by atoms with Crippen LogP contribution in [0.25, 0.3) is 0 Å². The van der Waals surface area contributed by atoms with E-state index < -0.39 is 0 Å². The Morgan fingerprint density at radius 2 is 1.50 bits per heavy atom. The fourth-order valence-corrected chi connectivity index (χ4v) is 3.67. The molecule has 1 atom stereocenters. The Hall–Kier alpha value is 0.0300. The standard InChI is InChI=1S/C14H21IO2S/c1-13(2,3)11-9-10(17-8(15)7-16-9)12(18-11)14(4,5)6/h8H,7H2,1-6H3. The summed E-state index contributed by atoms with van der Waals surface area (Å²) in [7, 11) is 0. The zero-order valence-electron chi connectivity index (χ0n) is 11.9. The third kappa shape index (κ3) is 2.64. The van der Waals surface area contributed by atoms with Crippen LogP contribution in [0, 0.1) is 0 Å².